The van der Waals surface area contributed by atoms with Crippen LogP contribution in [0.15, 0.2) is 110 Å². The summed E-state index contributed by atoms with van der Waals surface area (Å²) in [5.41, 5.74) is 0.581. The Morgan fingerprint density at radius 1 is 0.722 bits per heavy atom. The van der Waals surface area contributed by atoms with E-state index >= 15 is 0 Å². The van der Waals surface area contributed by atoms with Crippen molar-refractivity contribution in [3.05, 3.63) is 102 Å². The molecule has 7 N–H and O–H groups in total. The van der Waals surface area contributed by atoms with Crippen LogP contribution in [0, 0.1) is 0 Å². The molecule has 3 heterocycles. The average molecular weight is 803 g/mol. The summed E-state index contributed by atoms with van der Waals surface area (Å²) >= 11 is 0.943. The number of amides is 2. The number of fused-ring (bicyclic) bond motifs is 1. The predicted octanol–water partition coefficient (Wildman–Crippen LogP) is 4.32. The van der Waals surface area contributed by atoms with Crippen LogP contribution in [0.25, 0.3) is 27.7 Å². The van der Waals surface area contributed by atoms with Crippen LogP contribution < -0.4 is 20.9 Å². The third-order valence-corrected chi connectivity index (χ3v) is 11.6. The molecule has 0 fully saturated rings. The van der Waals surface area contributed by atoms with Gasteiger partial charge in [-0.1, -0.05) is 89.4 Å². The van der Waals surface area contributed by atoms with Crippen molar-refractivity contribution in [2.24, 2.45) is 20.5 Å². The zero-order chi connectivity index (χ0) is 38.2. The van der Waals surface area contributed by atoms with Gasteiger partial charge in [-0.2, -0.15) is 10.2 Å². The SMILES string of the molecule is NS(=O)(=O)c1nnc(NC(=O)c2nn(-c3cccc(N=Nc4c(O)ccc5ccccc45)c3)c(-c3ccccc3)c2C(=O)Nc2nnc(S(N)(=O)=O)s2)s1. The molecule has 0 aliphatic carbocycles. The monoisotopic (exact) mass is 802 g/mol. The number of sulfonamides is 2. The van der Waals surface area contributed by atoms with Crippen molar-refractivity contribution in [3.63, 3.8) is 0 Å². The molecule has 0 aliphatic rings. The lowest BCUT2D eigenvalue weighted by molar-refractivity contribution is 0.0988. The van der Waals surface area contributed by atoms with Gasteiger partial charge in [-0.05, 0) is 29.7 Å². The Balaban J connectivity index is 1.36. The molecule has 0 bridgehead atoms. The lowest BCUT2D eigenvalue weighted by Gasteiger charge is -2.10. The highest BCUT2D eigenvalue weighted by Crippen LogP contribution is 2.37. The Morgan fingerprint density at radius 2 is 1.35 bits per heavy atom. The van der Waals surface area contributed by atoms with Gasteiger partial charge < -0.3 is 5.11 Å². The van der Waals surface area contributed by atoms with Crippen molar-refractivity contribution in [3.8, 4) is 22.7 Å². The number of primary sulfonamides is 2. The third kappa shape index (κ3) is 7.43. The average Bonchev–Trinajstić information content (AvgIpc) is 3.91. The predicted molar refractivity (Wildman–Crippen MR) is 197 cm³/mol. The van der Waals surface area contributed by atoms with E-state index in [1.165, 1.54) is 10.7 Å². The summed E-state index contributed by atoms with van der Waals surface area (Å²) in [4.78, 5) is 28.0. The Kier molecular flexibility index (Phi) is 9.48. The molecular weight excluding hydrogens is 781 g/mol. The van der Waals surface area contributed by atoms with E-state index in [-0.39, 0.29) is 33.0 Å². The minimum Gasteiger partial charge on any atom is -0.506 e. The molecule has 7 aromatic rings. The van der Waals surface area contributed by atoms with Crippen LogP contribution in [-0.2, 0) is 20.0 Å². The molecule has 0 atom stereocenters. The molecule has 272 valence electrons. The molecule has 4 aromatic carbocycles. The van der Waals surface area contributed by atoms with Gasteiger partial charge in [0.05, 0.1) is 22.6 Å². The number of carbonyl (C=O) groups is 2. The van der Waals surface area contributed by atoms with E-state index < -0.39 is 46.2 Å². The van der Waals surface area contributed by atoms with E-state index in [9.17, 15) is 31.5 Å². The third-order valence-electron chi connectivity index (χ3n) is 7.33. The van der Waals surface area contributed by atoms with Gasteiger partial charge in [0.25, 0.3) is 31.9 Å². The van der Waals surface area contributed by atoms with Crippen LogP contribution in [0.4, 0.5) is 21.6 Å². The van der Waals surface area contributed by atoms with E-state index in [0.29, 0.717) is 45.0 Å². The van der Waals surface area contributed by atoms with E-state index in [2.05, 4.69) is 46.4 Å². The maximum atomic E-state index is 14.1. The summed E-state index contributed by atoms with van der Waals surface area (Å²) in [6.45, 7) is 0. The molecule has 0 saturated carbocycles. The van der Waals surface area contributed by atoms with Crippen molar-refractivity contribution in [2.45, 2.75) is 8.68 Å². The number of aromatic hydroxyl groups is 1. The molecule has 0 saturated heterocycles. The van der Waals surface area contributed by atoms with Crippen molar-refractivity contribution in [1.82, 2.24) is 30.2 Å². The van der Waals surface area contributed by atoms with Crippen LogP contribution in [0.5, 0.6) is 5.75 Å². The number of azo groups is 1. The minimum atomic E-state index is -4.25. The molecule has 0 spiro atoms. The molecule has 3 aromatic heterocycles. The van der Waals surface area contributed by atoms with Crippen LogP contribution in [0.1, 0.15) is 20.8 Å². The Labute approximate surface area is 312 Å². The van der Waals surface area contributed by atoms with Gasteiger partial charge in [0.1, 0.15) is 11.4 Å². The number of nitrogens with zero attached hydrogens (tertiary/aromatic N) is 8. The van der Waals surface area contributed by atoms with Crippen LogP contribution in [0.2, 0.25) is 0 Å². The number of hydrogen-bond donors (Lipinski definition) is 5. The van der Waals surface area contributed by atoms with Crippen molar-refractivity contribution in [2.75, 3.05) is 10.6 Å². The van der Waals surface area contributed by atoms with Gasteiger partial charge in [0.2, 0.25) is 18.9 Å². The fourth-order valence-corrected chi connectivity index (χ4v) is 7.71. The number of anilines is 2. The first-order chi connectivity index (χ1) is 25.8. The lowest BCUT2D eigenvalue weighted by Crippen LogP contribution is -2.20. The number of nitrogens with one attached hydrogen (secondary N) is 2. The second-order valence-corrected chi connectivity index (χ2v) is 16.4. The first-order valence-electron chi connectivity index (χ1n) is 15.0. The van der Waals surface area contributed by atoms with Crippen LogP contribution in [0.3, 0.4) is 0 Å². The summed E-state index contributed by atoms with van der Waals surface area (Å²) in [6.07, 6.45) is 0. The Bertz CT molecular complexity index is 2860. The van der Waals surface area contributed by atoms with Gasteiger partial charge >= 0.3 is 0 Å². The Hall–Kier alpha value is -6.37. The quantitative estimate of drug-likeness (QED) is 0.0955. The molecule has 0 unspecified atom stereocenters. The summed E-state index contributed by atoms with van der Waals surface area (Å²) in [5.74, 6) is -2.04. The van der Waals surface area contributed by atoms with Gasteiger partial charge in [0.15, 0.2) is 5.69 Å². The van der Waals surface area contributed by atoms with E-state index in [1.54, 1.807) is 72.8 Å². The van der Waals surface area contributed by atoms with Crippen LogP contribution >= 0.6 is 22.7 Å². The largest absolute Gasteiger partial charge is 0.506 e. The second kappa shape index (κ2) is 14.2. The number of nitrogens with two attached hydrogens (primary N) is 2. The van der Waals surface area contributed by atoms with Gasteiger partial charge in [-0.3, -0.25) is 20.2 Å². The molecule has 19 nitrogen and oxygen atoms in total. The van der Waals surface area contributed by atoms with Crippen molar-refractivity contribution >= 4 is 86.9 Å². The summed E-state index contributed by atoms with van der Waals surface area (Å²) < 4.78 is 47.4. The fourth-order valence-electron chi connectivity index (χ4n) is 5.05. The van der Waals surface area contributed by atoms with E-state index in [0.717, 1.165) is 5.39 Å². The normalized spacial score (nSPS) is 12.0. The number of phenols is 1. The van der Waals surface area contributed by atoms with E-state index in [1.807, 2.05) is 12.1 Å². The summed E-state index contributed by atoms with van der Waals surface area (Å²) in [5, 5.41) is 54.3. The smallest absolute Gasteiger partial charge is 0.278 e. The maximum Gasteiger partial charge on any atom is 0.278 e. The number of benzene rings is 4. The van der Waals surface area contributed by atoms with Crippen LogP contribution in [-0.4, -0.2) is 63.9 Å². The molecule has 54 heavy (non-hydrogen) atoms. The molecule has 0 radical (unpaired) electrons. The molecular formula is C31H22N12O7S4. The topological polar surface area (TPSA) is 293 Å². The highest BCUT2D eigenvalue weighted by atomic mass is 32.3. The zero-order valence-electron chi connectivity index (χ0n) is 26.9. The maximum absolute atomic E-state index is 14.1. The number of aromatic nitrogens is 6. The first-order valence-corrected chi connectivity index (χ1v) is 19.8. The summed E-state index contributed by atoms with van der Waals surface area (Å²) in [7, 11) is -8.50. The molecule has 7 rings (SSSR count). The number of phenolic OH excluding ortho intramolecular Hbond substituents is 1. The summed E-state index contributed by atoms with van der Waals surface area (Å²) in [6, 6.07) is 25.5. The van der Waals surface area contributed by atoms with Crippen molar-refractivity contribution in [1.29, 1.82) is 0 Å². The van der Waals surface area contributed by atoms with E-state index in [4.69, 9.17) is 10.3 Å². The second-order valence-electron chi connectivity index (χ2n) is 11.0. The first kappa shape index (κ1) is 36.0. The number of carbonyl (C=O) groups excluding carboxylic acids is 2. The van der Waals surface area contributed by atoms with Gasteiger partial charge in [-0.25, -0.2) is 31.8 Å². The Morgan fingerprint density at radius 3 is 2.00 bits per heavy atom. The molecule has 23 heteroatoms. The highest BCUT2D eigenvalue weighted by Gasteiger charge is 2.31. The molecule has 2 amide bonds. The fraction of sp³-hybridized carbons (Fsp3) is 0. The standard InChI is InChI=1S/C31H22N12O7S4/c32-53(47,48)30-40-38-28(51-30)34-26(45)22-24(27(46)35-29-39-41-31(52-29)54(33,49)50)42-43(25(22)17-8-2-1-3-9-17)19-11-6-10-18(15-19)36-37-23-20-12-5-4-7-16(20)13-14-21(23)44/h1-15,44H,(H2,32,47,48)(H2,33,49,50)(H,34,38,45)(H,35,39,46). The zero-order valence-corrected chi connectivity index (χ0v) is 30.2. The number of rotatable bonds is 10. The number of hydrogen-bond acceptors (Lipinski definition) is 16. The minimum absolute atomic E-state index is 0.0865. The lowest BCUT2D eigenvalue weighted by atomic mass is 10.0. The molecule has 0 aliphatic heterocycles. The highest BCUT2D eigenvalue weighted by molar-refractivity contribution is 7.91. The van der Waals surface area contributed by atoms with Gasteiger partial charge in [-0.15, -0.1) is 25.5 Å². The van der Waals surface area contributed by atoms with Gasteiger partial charge in [0, 0.05) is 10.9 Å². The van der Waals surface area contributed by atoms with Crippen molar-refractivity contribution < 1.29 is 31.5 Å².